The lowest BCUT2D eigenvalue weighted by Crippen LogP contribution is -2.40. The zero-order chi connectivity index (χ0) is 14.9. The highest BCUT2D eigenvalue weighted by molar-refractivity contribution is 5.79. The molecule has 1 aliphatic rings. The monoisotopic (exact) mass is 292 g/mol. The lowest BCUT2D eigenvalue weighted by molar-refractivity contribution is -0.183. The molecule has 1 aromatic rings. The molecule has 0 saturated carbocycles. The number of likely N-dealkylation sites (tertiary alicyclic amines) is 1. The normalized spacial score (nSPS) is 24.1. The molecule has 1 aromatic heterocycles. The van der Waals surface area contributed by atoms with Crippen LogP contribution in [0.1, 0.15) is 5.82 Å². The number of nitrogens with zero attached hydrogens (tertiary/aromatic N) is 5. The molecular formula is C10H15F3N6O. The topological polar surface area (TPSA) is 75.9 Å². The summed E-state index contributed by atoms with van der Waals surface area (Å²) in [6.07, 6.45) is -4.38. The minimum Gasteiger partial charge on any atom is -0.348 e. The molecule has 1 fully saturated rings. The summed E-state index contributed by atoms with van der Waals surface area (Å²) >= 11 is 0. The van der Waals surface area contributed by atoms with Gasteiger partial charge in [-0.15, -0.1) is 10.2 Å². The molecule has 20 heavy (non-hydrogen) atoms. The Morgan fingerprint density at radius 3 is 2.65 bits per heavy atom. The number of rotatable bonds is 3. The first-order chi connectivity index (χ1) is 9.27. The Hall–Kier alpha value is -1.71. The first-order valence-corrected chi connectivity index (χ1v) is 6.03. The molecule has 0 aliphatic carbocycles. The van der Waals surface area contributed by atoms with Crippen molar-refractivity contribution >= 4 is 5.91 Å². The molecule has 112 valence electrons. The zero-order valence-electron chi connectivity index (χ0n) is 11.1. The fourth-order valence-electron chi connectivity index (χ4n) is 2.29. The van der Waals surface area contributed by atoms with E-state index in [1.807, 2.05) is 0 Å². The van der Waals surface area contributed by atoms with E-state index in [4.69, 9.17) is 0 Å². The molecule has 0 spiro atoms. The summed E-state index contributed by atoms with van der Waals surface area (Å²) in [5, 5.41) is 13.5. The van der Waals surface area contributed by atoms with Crippen molar-refractivity contribution in [3.63, 3.8) is 0 Å². The maximum absolute atomic E-state index is 12.9. The number of halogens is 3. The minimum absolute atomic E-state index is 0.0303. The van der Waals surface area contributed by atoms with Gasteiger partial charge in [0.2, 0.25) is 5.91 Å². The van der Waals surface area contributed by atoms with E-state index < -0.39 is 23.9 Å². The maximum atomic E-state index is 12.9. The highest BCUT2D eigenvalue weighted by atomic mass is 19.4. The predicted molar refractivity (Wildman–Crippen MR) is 61.2 cm³/mol. The number of hydrogen-bond acceptors (Lipinski definition) is 5. The first kappa shape index (κ1) is 14.7. The Morgan fingerprint density at radius 1 is 1.40 bits per heavy atom. The lowest BCUT2D eigenvalue weighted by atomic mass is 9.94. The van der Waals surface area contributed by atoms with Crippen LogP contribution in [0, 0.1) is 11.8 Å². The summed E-state index contributed by atoms with van der Waals surface area (Å²) in [4.78, 5) is 14.6. The smallest absolute Gasteiger partial charge is 0.348 e. The molecule has 0 bridgehead atoms. The van der Waals surface area contributed by atoms with Gasteiger partial charge < -0.3 is 10.2 Å². The van der Waals surface area contributed by atoms with Crippen LogP contribution in [0.2, 0.25) is 0 Å². The molecule has 1 N–H and O–H groups in total. The third-order valence-corrected chi connectivity index (χ3v) is 3.23. The Morgan fingerprint density at radius 2 is 2.10 bits per heavy atom. The molecule has 7 nitrogen and oxygen atoms in total. The van der Waals surface area contributed by atoms with Crippen LogP contribution in [0.5, 0.6) is 0 Å². The Bertz CT molecular complexity index is 488. The molecule has 2 atom stereocenters. The fraction of sp³-hybridized carbons (Fsp3) is 0.800. The summed E-state index contributed by atoms with van der Waals surface area (Å²) < 4.78 is 38.6. The number of carbonyl (C=O) groups excluding carboxylic acids is 1. The zero-order valence-corrected chi connectivity index (χ0v) is 11.1. The molecule has 0 radical (unpaired) electrons. The van der Waals surface area contributed by atoms with Crippen molar-refractivity contribution in [2.75, 3.05) is 20.1 Å². The van der Waals surface area contributed by atoms with Gasteiger partial charge in [-0.2, -0.15) is 18.0 Å². The highest BCUT2D eigenvalue weighted by Gasteiger charge is 2.51. The SMILES string of the molecule is CN1C[C@@H](C(F)(F)F)[C@H](C(=O)NCc2nnn(C)n2)C1. The van der Waals surface area contributed by atoms with Gasteiger partial charge in [0, 0.05) is 13.1 Å². The number of tetrazole rings is 1. The van der Waals surface area contributed by atoms with Crippen LogP contribution in [-0.4, -0.2) is 57.3 Å². The van der Waals surface area contributed by atoms with Crippen molar-refractivity contribution in [1.29, 1.82) is 0 Å². The second-order valence-electron chi connectivity index (χ2n) is 4.89. The summed E-state index contributed by atoms with van der Waals surface area (Å²) in [5.74, 6) is -3.11. The Balaban J connectivity index is 1.97. The second-order valence-corrected chi connectivity index (χ2v) is 4.89. The van der Waals surface area contributed by atoms with Crippen LogP contribution in [0.4, 0.5) is 13.2 Å². The van der Waals surface area contributed by atoms with Crippen molar-refractivity contribution in [3.05, 3.63) is 5.82 Å². The lowest BCUT2D eigenvalue weighted by Gasteiger charge is -2.20. The molecule has 0 unspecified atom stereocenters. The number of alkyl halides is 3. The number of aryl methyl sites for hydroxylation is 1. The highest BCUT2D eigenvalue weighted by Crippen LogP contribution is 2.37. The van der Waals surface area contributed by atoms with Crippen LogP contribution in [0.3, 0.4) is 0 Å². The van der Waals surface area contributed by atoms with Crippen LogP contribution in [0.25, 0.3) is 0 Å². The van der Waals surface area contributed by atoms with Crippen molar-refractivity contribution in [3.8, 4) is 0 Å². The third-order valence-electron chi connectivity index (χ3n) is 3.23. The van der Waals surface area contributed by atoms with Gasteiger partial charge in [-0.3, -0.25) is 4.79 Å². The number of carbonyl (C=O) groups is 1. The number of aromatic nitrogens is 4. The average Bonchev–Trinajstić information content (AvgIpc) is 2.91. The van der Waals surface area contributed by atoms with E-state index in [0.717, 1.165) is 0 Å². The molecule has 2 rings (SSSR count). The van der Waals surface area contributed by atoms with Gasteiger partial charge in [-0.1, -0.05) is 0 Å². The Labute approximate surface area is 113 Å². The average molecular weight is 292 g/mol. The molecule has 2 heterocycles. The summed E-state index contributed by atoms with van der Waals surface area (Å²) in [6, 6.07) is 0. The second kappa shape index (κ2) is 5.35. The van der Waals surface area contributed by atoms with Crippen molar-refractivity contribution < 1.29 is 18.0 Å². The number of nitrogens with one attached hydrogen (secondary N) is 1. The van der Waals surface area contributed by atoms with Gasteiger partial charge in [0.15, 0.2) is 5.82 Å². The fourth-order valence-corrected chi connectivity index (χ4v) is 2.29. The van der Waals surface area contributed by atoms with E-state index in [2.05, 4.69) is 20.7 Å². The van der Waals surface area contributed by atoms with E-state index in [1.54, 1.807) is 14.1 Å². The van der Waals surface area contributed by atoms with Crippen LogP contribution >= 0.6 is 0 Å². The van der Waals surface area contributed by atoms with Gasteiger partial charge in [0.05, 0.1) is 25.4 Å². The molecule has 1 saturated heterocycles. The maximum Gasteiger partial charge on any atom is 0.393 e. The summed E-state index contributed by atoms with van der Waals surface area (Å²) in [5.41, 5.74) is 0. The van der Waals surface area contributed by atoms with Crippen molar-refractivity contribution in [1.82, 2.24) is 30.4 Å². The van der Waals surface area contributed by atoms with Gasteiger partial charge in [-0.05, 0) is 12.3 Å². The van der Waals surface area contributed by atoms with E-state index in [1.165, 1.54) is 9.70 Å². The van der Waals surface area contributed by atoms with E-state index >= 15 is 0 Å². The molecule has 0 aromatic carbocycles. The minimum atomic E-state index is -4.38. The van der Waals surface area contributed by atoms with E-state index in [9.17, 15) is 18.0 Å². The van der Waals surface area contributed by atoms with Crippen LogP contribution < -0.4 is 5.32 Å². The third kappa shape index (κ3) is 3.24. The van der Waals surface area contributed by atoms with Gasteiger partial charge in [0.25, 0.3) is 0 Å². The predicted octanol–water partition coefficient (Wildman–Crippen LogP) is -0.434. The summed E-state index contributed by atoms with van der Waals surface area (Å²) in [6.45, 7) is -0.105. The van der Waals surface area contributed by atoms with Gasteiger partial charge >= 0.3 is 6.18 Å². The molecular weight excluding hydrogens is 277 g/mol. The molecule has 1 amide bonds. The standard InChI is InChI=1S/C10H15F3N6O/c1-18-4-6(7(5-18)10(11,12)13)9(20)14-3-8-15-17-19(2)16-8/h6-7H,3-5H2,1-2H3,(H,14,20)/t6-,7-/m1/s1. The quantitative estimate of drug-likeness (QED) is 0.818. The number of hydrogen-bond donors (Lipinski definition) is 1. The molecule has 1 aliphatic heterocycles. The summed E-state index contributed by atoms with van der Waals surface area (Å²) in [7, 11) is 3.13. The largest absolute Gasteiger partial charge is 0.393 e. The van der Waals surface area contributed by atoms with Crippen molar-refractivity contribution in [2.24, 2.45) is 18.9 Å². The first-order valence-electron chi connectivity index (χ1n) is 6.03. The van der Waals surface area contributed by atoms with Gasteiger partial charge in [0.1, 0.15) is 0 Å². The van der Waals surface area contributed by atoms with E-state index in [-0.39, 0.29) is 25.5 Å². The van der Waals surface area contributed by atoms with Crippen LogP contribution in [-0.2, 0) is 18.4 Å². The van der Waals surface area contributed by atoms with Gasteiger partial charge in [-0.25, -0.2) is 0 Å². The van der Waals surface area contributed by atoms with Crippen molar-refractivity contribution in [2.45, 2.75) is 12.7 Å². The number of amides is 1. The van der Waals surface area contributed by atoms with E-state index in [0.29, 0.717) is 0 Å². The molecule has 10 heteroatoms. The van der Waals surface area contributed by atoms with Crippen LogP contribution in [0.15, 0.2) is 0 Å². The Kier molecular flexibility index (Phi) is 3.93.